The van der Waals surface area contributed by atoms with Gasteiger partial charge in [-0.1, -0.05) is 60.7 Å². The lowest BCUT2D eigenvalue weighted by Crippen LogP contribution is -2.46. The van der Waals surface area contributed by atoms with Gasteiger partial charge in [-0.3, -0.25) is 14.7 Å². The fourth-order valence-electron chi connectivity index (χ4n) is 3.75. The summed E-state index contributed by atoms with van der Waals surface area (Å²) < 4.78 is 0. The van der Waals surface area contributed by atoms with Gasteiger partial charge in [-0.15, -0.1) is 0 Å². The van der Waals surface area contributed by atoms with Crippen LogP contribution < -0.4 is 5.32 Å². The second-order valence-electron chi connectivity index (χ2n) is 7.26. The Morgan fingerprint density at radius 2 is 1.89 bits per heavy atom. The van der Waals surface area contributed by atoms with Gasteiger partial charge >= 0.3 is 0 Å². The third kappa shape index (κ3) is 3.97. The maximum Gasteiger partial charge on any atom is 0.237 e. The van der Waals surface area contributed by atoms with E-state index >= 15 is 0 Å². The van der Waals surface area contributed by atoms with Gasteiger partial charge in [0.15, 0.2) is 0 Å². The van der Waals surface area contributed by atoms with E-state index in [1.807, 2.05) is 55.7 Å². The van der Waals surface area contributed by atoms with Crippen LogP contribution in [0, 0.1) is 0 Å². The van der Waals surface area contributed by atoms with Crippen LogP contribution in [0.4, 0.5) is 0 Å². The molecule has 1 amide bonds. The number of amides is 1. The van der Waals surface area contributed by atoms with E-state index in [2.05, 4.69) is 39.5 Å². The Morgan fingerprint density at radius 1 is 1.11 bits per heavy atom. The van der Waals surface area contributed by atoms with Crippen molar-refractivity contribution in [1.82, 2.24) is 15.2 Å². The number of fused-ring (bicyclic) bond motifs is 1. The molecule has 4 rings (SSSR count). The summed E-state index contributed by atoms with van der Waals surface area (Å²) >= 11 is 0. The Labute approximate surface area is 165 Å². The zero-order chi connectivity index (χ0) is 19.3. The van der Waals surface area contributed by atoms with E-state index in [1.165, 1.54) is 16.5 Å². The summed E-state index contributed by atoms with van der Waals surface area (Å²) in [5.74, 6) is 0.0764. The molecule has 0 spiro atoms. The van der Waals surface area contributed by atoms with Crippen LogP contribution in [0.15, 0.2) is 73.1 Å². The molecule has 1 aliphatic heterocycles. The van der Waals surface area contributed by atoms with Crippen molar-refractivity contribution < 1.29 is 4.79 Å². The van der Waals surface area contributed by atoms with Gasteiger partial charge in [0.2, 0.25) is 5.91 Å². The Balaban J connectivity index is 1.41. The van der Waals surface area contributed by atoms with Crippen LogP contribution in [-0.2, 0) is 11.3 Å². The first-order valence-corrected chi connectivity index (χ1v) is 9.80. The summed E-state index contributed by atoms with van der Waals surface area (Å²) in [5.41, 5.74) is 3.64. The maximum absolute atomic E-state index is 12.6. The normalized spacial score (nSPS) is 15.8. The monoisotopic (exact) mass is 371 g/mol. The minimum atomic E-state index is -0.146. The van der Waals surface area contributed by atoms with Gasteiger partial charge in [0.25, 0.3) is 0 Å². The van der Waals surface area contributed by atoms with Crippen molar-refractivity contribution in [3.05, 3.63) is 84.2 Å². The largest absolute Gasteiger partial charge is 0.351 e. The van der Waals surface area contributed by atoms with Crippen LogP contribution in [0.5, 0.6) is 0 Å². The van der Waals surface area contributed by atoms with Gasteiger partial charge in [0, 0.05) is 43.0 Å². The second-order valence-corrected chi connectivity index (χ2v) is 7.26. The van der Waals surface area contributed by atoms with Crippen molar-refractivity contribution in [2.24, 2.45) is 0 Å². The molecule has 0 radical (unpaired) electrons. The molecule has 4 heteroatoms. The molecule has 142 valence electrons. The fourth-order valence-corrected chi connectivity index (χ4v) is 3.75. The van der Waals surface area contributed by atoms with Crippen LogP contribution in [0.2, 0.25) is 0 Å². The highest BCUT2D eigenvalue weighted by Gasteiger charge is 2.23. The summed E-state index contributed by atoms with van der Waals surface area (Å²) in [5, 5.41) is 5.46. The molecule has 0 fully saturated rings. The van der Waals surface area contributed by atoms with Crippen LogP contribution in [0.25, 0.3) is 16.3 Å². The molecule has 1 aromatic heterocycles. The molecule has 0 saturated heterocycles. The summed E-state index contributed by atoms with van der Waals surface area (Å²) in [4.78, 5) is 19.2. The fraction of sp³-hybridized carbons (Fsp3) is 0.250. The van der Waals surface area contributed by atoms with Crippen molar-refractivity contribution in [3.8, 4) is 0 Å². The van der Waals surface area contributed by atoms with Crippen molar-refractivity contribution in [3.63, 3.8) is 0 Å². The van der Waals surface area contributed by atoms with Gasteiger partial charge in [-0.05, 0) is 29.9 Å². The first kappa shape index (κ1) is 18.4. The highest BCUT2D eigenvalue weighted by Crippen LogP contribution is 2.28. The molecule has 1 aliphatic rings. The second kappa shape index (κ2) is 8.36. The quantitative estimate of drug-likeness (QED) is 0.736. The minimum absolute atomic E-state index is 0.0764. The first-order valence-electron chi connectivity index (χ1n) is 9.80. The Bertz CT molecular complexity index is 992. The van der Waals surface area contributed by atoms with Gasteiger partial charge in [0.1, 0.15) is 0 Å². The SMILES string of the molecule is C[C@@H](C(=O)NCc1ccccc1)N1CC=C(c2cncc3ccccc23)CC1. The predicted octanol–water partition coefficient (Wildman–Crippen LogP) is 4.03. The maximum atomic E-state index is 12.6. The third-order valence-corrected chi connectivity index (χ3v) is 5.49. The number of benzene rings is 2. The van der Waals surface area contributed by atoms with E-state index in [-0.39, 0.29) is 11.9 Å². The average molecular weight is 371 g/mol. The number of carbonyl (C=O) groups is 1. The average Bonchev–Trinajstić information content (AvgIpc) is 2.77. The number of hydrogen-bond acceptors (Lipinski definition) is 3. The number of hydrogen-bond donors (Lipinski definition) is 1. The van der Waals surface area contributed by atoms with Crippen molar-refractivity contribution >= 4 is 22.3 Å². The smallest absolute Gasteiger partial charge is 0.237 e. The summed E-state index contributed by atoms with van der Waals surface area (Å²) in [6.07, 6.45) is 7.04. The molecule has 28 heavy (non-hydrogen) atoms. The third-order valence-electron chi connectivity index (χ3n) is 5.49. The summed E-state index contributed by atoms with van der Waals surface area (Å²) in [6.45, 7) is 4.20. The Morgan fingerprint density at radius 3 is 2.68 bits per heavy atom. The molecule has 4 nitrogen and oxygen atoms in total. The van der Waals surface area contributed by atoms with Gasteiger partial charge in [0.05, 0.1) is 6.04 Å². The van der Waals surface area contributed by atoms with E-state index in [4.69, 9.17) is 0 Å². The Hall–Kier alpha value is -2.98. The van der Waals surface area contributed by atoms with E-state index < -0.39 is 0 Å². The number of aromatic nitrogens is 1. The lowest BCUT2D eigenvalue weighted by Gasteiger charge is -2.31. The molecule has 0 aliphatic carbocycles. The number of carbonyl (C=O) groups excluding carboxylic acids is 1. The standard InChI is InChI=1S/C24H25N3O/c1-18(24(28)26-15-19-7-3-2-4-8-19)27-13-11-20(12-14-27)23-17-25-16-21-9-5-6-10-22(21)23/h2-11,16-18H,12-15H2,1H3,(H,26,28)/t18-/m0/s1. The molecule has 2 aromatic carbocycles. The summed E-state index contributed by atoms with van der Waals surface area (Å²) in [7, 11) is 0. The van der Waals surface area contributed by atoms with Crippen molar-refractivity contribution in [2.75, 3.05) is 13.1 Å². The Kier molecular flexibility index (Phi) is 5.49. The highest BCUT2D eigenvalue weighted by atomic mass is 16.2. The van der Waals surface area contributed by atoms with E-state index in [1.54, 1.807) is 0 Å². The molecule has 0 unspecified atom stereocenters. The van der Waals surface area contributed by atoms with Crippen LogP contribution in [0.3, 0.4) is 0 Å². The zero-order valence-electron chi connectivity index (χ0n) is 16.1. The minimum Gasteiger partial charge on any atom is -0.351 e. The lowest BCUT2D eigenvalue weighted by molar-refractivity contribution is -0.125. The number of rotatable bonds is 5. The summed E-state index contributed by atoms with van der Waals surface area (Å²) in [6, 6.07) is 18.2. The van der Waals surface area contributed by atoms with E-state index in [0.29, 0.717) is 6.54 Å². The van der Waals surface area contributed by atoms with Gasteiger partial charge < -0.3 is 5.32 Å². The lowest BCUT2D eigenvalue weighted by atomic mass is 9.96. The van der Waals surface area contributed by atoms with Crippen molar-refractivity contribution in [2.45, 2.75) is 25.9 Å². The zero-order valence-corrected chi connectivity index (χ0v) is 16.1. The molecular formula is C24H25N3O. The van der Waals surface area contributed by atoms with Gasteiger partial charge in [-0.25, -0.2) is 0 Å². The molecule has 1 atom stereocenters. The molecule has 0 bridgehead atoms. The van der Waals surface area contributed by atoms with Gasteiger partial charge in [-0.2, -0.15) is 0 Å². The number of pyridine rings is 1. The molecular weight excluding hydrogens is 346 g/mol. The topological polar surface area (TPSA) is 45.2 Å². The van der Waals surface area contributed by atoms with Crippen LogP contribution in [-0.4, -0.2) is 34.9 Å². The predicted molar refractivity (Wildman–Crippen MR) is 114 cm³/mol. The van der Waals surface area contributed by atoms with Crippen LogP contribution in [0.1, 0.15) is 24.5 Å². The number of nitrogens with zero attached hydrogens (tertiary/aromatic N) is 2. The van der Waals surface area contributed by atoms with E-state index in [0.717, 1.165) is 30.5 Å². The van der Waals surface area contributed by atoms with Crippen molar-refractivity contribution in [1.29, 1.82) is 0 Å². The number of nitrogens with one attached hydrogen (secondary N) is 1. The molecule has 2 heterocycles. The molecule has 1 N–H and O–H groups in total. The molecule has 0 saturated carbocycles. The first-order chi connectivity index (χ1) is 13.7. The highest BCUT2D eigenvalue weighted by molar-refractivity contribution is 5.93. The van der Waals surface area contributed by atoms with Crippen LogP contribution >= 0.6 is 0 Å². The molecule has 3 aromatic rings. The van der Waals surface area contributed by atoms with E-state index in [9.17, 15) is 4.79 Å².